The molecule has 1 unspecified atom stereocenters. The molecule has 1 aliphatic rings. The Balaban J connectivity index is 2.16. The van der Waals surface area contributed by atoms with E-state index in [1.807, 2.05) is 17.9 Å². The standard InChI is InChI=1S/C15H26N2O/c1-15(2,3)14-12(10-17(4)16-14)13(18)9-11-7-5-6-8-11/h10-11,13,18H,5-9H2,1-4H3. The SMILES string of the molecule is Cn1cc(C(O)CC2CCCC2)c(C(C)(C)C)n1. The topological polar surface area (TPSA) is 38.0 Å². The van der Waals surface area contributed by atoms with Crippen molar-refractivity contribution in [2.24, 2.45) is 13.0 Å². The molecule has 1 aromatic heterocycles. The van der Waals surface area contributed by atoms with Crippen LogP contribution in [0.4, 0.5) is 0 Å². The first-order valence-corrected chi connectivity index (χ1v) is 7.10. The lowest BCUT2D eigenvalue weighted by molar-refractivity contribution is 0.143. The molecule has 1 heterocycles. The van der Waals surface area contributed by atoms with Gasteiger partial charge in [0.2, 0.25) is 0 Å². The molecular weight excluding hydrogens is 224 g/mol. The van der Waals surface area contributed by atoms with Gasteiger partial charge in [0.15, 0.2) is 0 Å². The van der Waals surface area contributed by atoms with E-state index in [0.717, 1.165) is 17.7 Å². The molecule has 3 heteroatoms. The second-order valence-corrected chi connectivity index (χ2v) is 6.76. The third-order valence-electron chi connectivity index (χ3n) is 3.96. The van der Waals surface area contributed by atoms with Gasteiger partial charge in [0, 0.05) is 24.2 Å². The predicted octanol–water partition coefficient (Wildman–Crippen LogP) is 3.33. The van der Waals surface area contributed by atoms with Crippen molar-refractivity contribution in [2.75, 3.05) is 0 Å². The van der Waals surface area contributed by atoms with Gasteiger partial charge in [-0.25, -0.2) is 0 Å². The van der Waals surface area contributed by atoms with Crippen LogP contribution in [0, 0.1) is 5.92 Å². The first-order valence-electron chi connectivity index (χ1n) is 7.10. The number of aryl methyl sites for hydroxylation is 1. The van der Waals surface area contributed by atoms with Gasteiger partial charge in [-0.1, -0.05) is 46.5 Å². The van der Waals surface area contributed by atoms with Crippen LogP contribution < -0.4 is 0 Å². The van der Waals surface area contributed by atoms with Gasteiger partial charge >= 0.3 is 0 Å². The molecule has 1 saturated carbocycles. The molecule has 0 spiro atoms. The number of aliphatic hydroxyl groups is 1. The average Bonchev–Trinajstić information content (AvgIpc) is 2.85. The molecule has 0 amide bonds. The Bertz CT molecular complexity index is 397. The molecule has 0 saturated heterocycles. The van der Waals surface area contributed by atoms with Crippen molar-refractivity contribution < 1.29 is 5.11 Å². The summed E-state index contributed by atoms with van der Waals surface area (Å²) in [5.41, 5.74) is 2.06. The largest absolute Gasteiger partial charge is 0.388 e. The molecule has 0 aromatic carbocycles. The van der Waals surface area contributed by atoms with Gasteiger partial charge in [0.25, 0.3) is 0 Å². The van der Waals surface area contributed by atoms with Crippen LogP contribution in [0.25, 0.3) is 0 Å². The van der Waals surface area contributed by atoms with Crippen molar-refractivity contribution in [2.45, 2.75) is 64.4 Å². The molecule has 102 valence electrons. The van der Waals surface area contributed by atoms with Crippen LogP contribution in [0.2, 0.25) is 0 Å². The van der Waals surface area contributed by atoms with Crippen molar-refractivity contribution in [1.29, 1.82) is 0 Å². The summed E-state index contributed by atoms with van der Waals surface area (Å²) in [5.74, 6) is 0.702. The van der Waals surface area contributed by atoms with Crippen LogP contribution >= 0.6 is 0 Å². The highest BCUT2D eigenvalue weighted by molar-refractivity contribution is 5.26. The summed E-state index contributed by atoms with van der Waals surface area (Å²) in [6.45, 7) is 6.46. The lowest BCUT2D eigenvalue weighted by Gasteiger charge is -2.21. The highest BCUT2D eigenvalue weighted by Gasteiger charge is 2.27. The van der Waals surface area contributed by atoms with Gasteiger partial charge in [-0.3, -0.25) is 4.68 Å². The van der Waals surface area contributed by atoms with E-state index < -0.39 is 0 Å². The maximum Gasteiger partial charge on any atom is 0.0826 e. The number of rotatable bonds is 3. The van der Waals surface area contributed by atoms with E-state index in [4.69, 9.17) is 0 Å². The molecule has 1 fully saturated rings. The van der Waals surface area contributed by atoms with Crippen molar-refractivity contribution in [1.82, 2.24) is 9.78 Å². The van der Waals surface area contributed by atoms with E-state index in [0.29, 0.717) is 5.92 Å². The molecule has 3 nitrogen and oxygen atoms in total. The van der Waals surface area contributed by atoms with E-state index in [1.54, 1.807) is 0 Å². The Labute approximate surface area is 110 Å². The molecule has 0 aliphatic heterocycles. The number of nitrogens with zero attached hydrogens (tertiary/aromatic N) is 2. The Hall–Kier alpha value is -0.830. The van der Waals surface area contributed by atoms with Gasteiger partial charge in [-0.2, -0.15) is 5.10 Å². The molecule has 0 radical (unpaired) electrons. The van der Waals surface area contributed by atoms with E-state index in [9.17, 15) is 5.11 Å². The van der Waals surface area contributed by atoms with Crippen molar-refractivity contribution >= 4 is 0 Å². The second kappa shape index (κ2) is 5.04. The van der Waals surface area contributed by atoms with Crippen LogP contribution in [0.5, 0.6) is 0 Å². The predicted molar refractivity (Wildman–Crippen MR) is 73.4 cm³/mol. The molecule has 0 bridgehead atoms. The van der Waals surface area contributed by atoms with Crippen LogP contribution in [-0.2, 0) is 12.5 Å². The fourth-order valence-corrected chi connectivity index (χ4v) is 3.02. The monoisotopic (exact) mass is 250 g/mol. The number of hydrogen-bond acceptors (Lipinski definition) is 2. The molecule has 1 aromatic rings. The minimum Gasteiger partial charge on any atom is -0.388 e. The minimum absolute atomic E-state index is 0.00670. The maximum absolute atomic E-state index is 10.5. The summed E-state index contributed by atoms with van der Waals surface area (Å²) in [4.78, 5) is 0. The van der Waals surface area contributed by atoms with Gasteiger partial charge in [0.05, 0.1) is 11.8 Å². The lowest BCUT2D eigenvalue weighted by atomic mass is 9.86. The molecule has 2 rings (SSSR count). The van der Waals surface area contributed by atoms with Crippen molar-refractivity contribution in [3.8, 4) is 0 Å². The molecular formula is C15H26N2O. The van der Waals surface area contributed by atoms with E-state index in [1.165, 1.54) is 25.7 Å². The first-order chi connectivity index (χ1) is 8.38. The Morgan fingerprint density at radius 2 is 2.00 bits per heavy atom. The highest BCUT2D eigenvalue weighted by Crippen LogP contribution is 2.36. The highest BCUT2D eigenvalue weighted by atomic mass is 16.3. The Morgan fingerprint density at radius 1 is 1.39 bits per heavy atom. The van der Waals surface area contributed by atoms with Crippen LogP contribution in [0.3, 0.4) is 0 Å². The van der Waals surface area contributed by atoms with Crippen molar-refractivity contribution in [3.05, 3.63) is 17.5 Å². The van der Waals surface area contributed by atoms with Gasteiger partial charge in [-0.15, -0.1) is 0 Å². The number of hydrogen-bond donors (Lipinski definition) is 1. The second-order valence-electron chi connectivity index (χ2n) is 6.76. The zero-order chi connectivity index (χ0) is 13.3. The maximum atomic E-state index is 10.5. The average molecular weight is 250 g/mol. The van der Waals surface area contributed by atoms with Crippen LogP contribution in [0.15, 0.2) is 6.20 Å². The van der Waals surface area contributed by atoms with Gasteiger partial charge in [-0.05, 0) is 12.3 Å². The lowest BCUT2D eigenvalue weighted by Crippen LogP contribution is -2.17. The zero-order valence-corrected chi connectivity index (χ0v) is 12.1. The van der Waals surface area contributed by atoms with Crippen LogP contribution in [0.1, 0.15) is 70.2 Å². The number of aliphatic hydroxyl groups excluding tert-OH is 1. The quantitative estimate of drug-likeness (QED) is 0.893. The molecule has 18 heavy (non-hydrogen) atoms. The van der Waals surface area contributed by atoms with Crippen molar-refractivity contribution in [3.63, 3.8) is 0 Å². The molecule has 1 aliphatic carbocycles. The minimum atomic E-state index is -0.351. The van der Waals surface area contributed by atoms with E-state index in [2.05, 4.69) is 25.9 Å². The van der Waals surface area contributed by atoms with E-state index in [-0.39, 0.29) is 11.5 Å². The third kappa shape index (κ3) is 2.94. The third-order valence-corrected chi connectivity index (χ3v) is 3.96. The summed E-state index contributed by atoms with van der Waals surface area (Å²) in [7, 11) is 1.93. The summed E-state index contributed by atoms with van der Waals surface area (Å²) < 4.78 is 1.83. The van der Waals surface area contributed by atoms with Gasteiger partial charge < -0.3 is 5.11 Å². The fraction of sp³-hybridized carbons (Fsp3) is 0.800. The Kier molecular flexibility index (Phi) is 3.81. The first kappa shape index (κ1) is 13.6. The summed E-state index contributed by atoms with van der Waals surface area (Å²) in [6, 6.07) is 0. The van der Waals surface area contributed by atoms with Gasteiger partial charge in [0.1, 0.15) is 0 Å². The molecule has 1 atom stereocenters. The molecule has 1 N–H and O–H groups in total. The summed E-state index contributed by atoms with van der Waals surface area (Å²) >= 11 is 0. The Morgan fingerprint density at radius 3 is 2.56 bits per heavy atom. The number of aromatic nitrogens is 2. The van der Waals surface area contributed by atoms with Crippen LogP contribution in [-0.4, -0.2) is 14.9 Å². The summed E-state index contributed by atoms with van der Waals surface area (Å²) in [6.07, 6.45) is 7.75. The fourth-order valence-electron chi connectivity index (χ4n) is 3.02. The smallest absolute Gasteiger partial charge is 0.0826 e. The normalized spacial score (nSPS) is 19.4. The summed E-state index contributed by atoms with van der Waals surface area (Å²) in [5, 5.41) is 15.0. The van der Waals surface area contributed by atoms with E-state index >= 15 is 0 Å². The zero-order valence-electron chi connectivity index (χ0n) is 12.1.